The van der Waals surface area contributed by atoms with Crippen molar-refractivity contribution >= 4 is 11.3 Å². The van der Waals surface area contributed by atoms with Crippen LogP contribution in [-0.4, -0.2) is 32.9 Å². The molecule has 2 aromatic rings. The zero-order chi connectivity index (χ0) is 15.1. The summed E-state index contributed by atoms with van der Waals surface area (Å²) in [5.74, 6) is 2.16. The van der Waals surface area contributed by atoms with E-state index in [-0.39, 0.29) is 0 Å². The molecule has 1 aromatic carbocycles. The van der Waals surface area contributed by atoms with Crippen LogP contribution in [-0.2, 0) is 13.0 Å². The molecule has 0 aliphatic carbocycles. The topological polar surface area (TPSA) is 52.6 Å². The Hall–Kier alpha value is -1.79. The fraction of sp³-hybridized carbons (Fsp3) is 0.400. The van der Waals surface area contributed by atoms with Crippen molar-refractivity contribution in [1.82, 2.24) is 10.3 Å². The average Bonchev–Trinajstić information content (AvgIpc) is 3.04. The lowest BCUT2D eigenvalue weighted by molar-refractivity contribution is 0.347. The predicted molar refractivity (Wildman–Crippen MR) is 83.6 cm³/mol. The third kappa shape index (κ3) is 4.09. The highest BCUT2D eigenvalue weighted by atomic mass is 32.1. The van der Waals surface area contributed by atoms with Crippen molar-refractivity contribution < 1.29 is 14.2 Å². The Morgan fingerprint density at radius 1 is 1.05 bits per heavy atom. The molecule has 21 heavy (non-hydrogen) atoms. The van der Waals surface area contributed by atoms with Gasteiger partial charge >= 0.3 is 0 Å². The first-order valence-corrected chi connectivity index (χ1v) is 7.59. The van der Waals surface area contributed by atoms with Gasteiger partial charge in [0.05, 0.1) is 32.5 Å². The molecular formula is C15H20N2O3S. The zero-order valence-corrected chi connectivity index (χ0v) is 13.3. The van der Waals surface area contributed by atoms with Crippen LogP contribution in [0.4, 0.5) is 0 Å². The number of hydrogen-bond acceptors (Lipinski definition) is 6. The van der Waals surface area contributed by atoms with Gasteiger partial charge < -0.3 is 19.5 Å². The standard InChI is InChI=1S/C15H20N2O3S/c1-18-13-7-15(20-3)14(19-2)6-11(13)8-16-5-4-12-9-21-10-17-12/h6-7,9-10,16H,4-5,8H2,1-3H3. The highest BCUT2D eigenvalue weighted by Crippen LogP contribution is 2.34. The van der Waals surface area contributed by atoms with E-state index in [1.807, 2.05) is 17.6 Å². The summed E-state index contributed by atoms with van der Waals surface area (Å²) in [6, 6.07) is 3.78. The summed E-state index contributed by atoms with van der Waals surface area (Å²) in [7, 11) is 4.90. The number of benzene rings is 1. The van der Waals surface area contributed by atoms with Gasteiger partial charge in [-0.15, -0.1) is 11.3 Å². The summed E-state index contributed by atoms with van der Waals surface area (Å²) < 4.78 is 16.0. The molecule has 0 atom stereocenters. The Labute approximate surface area is 128 Å². The zero-order valence-electron chi connectivity index (χ0n) is 12.5. The molecule has 0 saturated carbocycles. The Morgan fingerprint density at radius 3 is 2.38 bits per heavy atom. The van der Waals surface area contributed by atoms with Gasteiger partial charge in [-0.3, -0.25) is 0 Å². The number of aromatic nitrogens is 1. The molecule has 6 heteroatoms. The first-order valence-electron chi connectivity index (χ1n) is 6.65. The number of ether oxygens (including phenoxy) is 3. The second-order valence-electron chi connectivity index (χ2n) is 4.43. The van der Waals surface area contributed by atoms with E-state index in [2.05, 4.69) is 15.7 Å². The second kappa shape index (κ2) is 7.85. The molecule has 0 aliphatic rings. The maximum Gasteiger partial charge on any atom is 0.164 e. The van der Waals surface area contributed by atoms with Crippen molar-refractivity contribution in [2.24, 2.45) is 0 Å². The Morgan fingerprint density at radius 2 is 1.76 bits per heavy atom. The van der Waals surface area contributed by atoms with Crippen molar-refractivity contribution in [3.8, 4) is 17.2 Å². The maximum absolute atomic E-state index is 5.40. The molecule has 0 amide bonds. The van der Waals surface area contributed by atoms with Crippen LogP contribution < -0.4 is 19.5 Å². The van der Waals surface area contributed by atoms with Crippen LogP contribution in [0.2, 0.25) is 0 Å². The van der Waals surface area contributed by atoms with E-state index in [4.69, 9.17) is 14.2 Å². The molecule has 0 radical (unpaired) electrons. The Bertz CT molecular complexity index is 558. The number of nitrogens with one attached hydrogen (secondary N) is 1. The van der Waals surface area contributed by atoms with Crippen molar-refractivity contribution in [2.45, 2.75) is 13.0 Å². The van der Waals surface area contributed by atoms with Crippen LogP contribution in [0, 0.1) is 0 Å². The lowest BCUT2D eigenvalue weighted by atomic mass is 10.1. The van der Waals surface area contributed by atoms with E-state index < -0.39 is 0 Å². The van der Waals surface area contributed by atoms with Crippen LogP contribution in [0.5, 0.6) is 17.2 Å². The van der Waals surface area contributed by atoms with Crippen molar-refractivity contribution in [3.05, 3.63) is 34.3 Å². The van der Waals surface area contributed by atoms with E-state index >= 15 is 0 Å². The van der Waals surface area contributed by atoms with Crippen LogP contribution in [0.1, 0.15) is 11.3 Å². The normalized spacial score (nSPS) is 10.4. The second-order valence-corrected chi connectivity index (χ2v) is 5.14. The summed E-state index contributed by atoms with van der Waals surface area (Å²) in [5, 5.41) is 5.46. The molecule has 114 valence electrons. The van der Waals surface area contributed by atoms with E-state index in [9.17, 15) is 0 Å². The average molecular weight is 308 g/mol. The minimum atomic E-state index is 0.667. The fourth-order valence-corrected chi connectivity index (χ4v) is 2.62. The molecule has 0 saturated heterocycles. The van der Waals surface area contributed by atoms with Gasteiger partial charge in [0.15, 0.2) is 11.5 Å². The fourth-order valence-electron chi connectivity index (χ4n) is 2.03. The SMILES string of the molecule is COc1cc(OC)c(OC)cc1CNCCc1cscn1. The van der Waals surface area contributed by atoms with E-state index in [0.717, 1.165) is 30.0 Å². The molecular weight excluding hydrogens is 288 g/mol. The quantitative estimate of drug-likeness (QED) is 0.759. The number of nitrogens with zero attached hydrogens (tertiary/aromatic N) is 1. The molecule has 2 rings (SSSR count). The predicted octanol–water partition coefficient (Wildman–Crippen LogP) is 2.50. The summed E-state index contributed by atoms with van der Waals surface area (Å²) in [6.07, 6.45) is 0.916. The third-order valence-electron chi connectivity index (χ3n) is 3.14. The summed E-state index contributed by atoms with van der Waals surface area (Å²) in [4.78, 5) is 4.26. The molecule has 5 nitrogen and oxygen atoms in total. The van der Waals surface area contributed by atoms with Crippen LogP contribution in [0.3, 0.4) is 0 Å². The van der Waals surface area contributed by atoms with Gasteiger partial charge in [-0.1, -0.05) is 0 Å². The highest BCUT2D eigenvalue weighted by molar-refractivity contribution is 7.07. The summed E-state index contributed by atoms with van der Waals surface area (Å²) in [5.41, 5.74) is 4.01. The minimum Gasteiger partial charge on any atom is -0.496 e. The number of methoxy groups -OCH3 is 3. The van der Waals surface area contributed by atoms with Gasteiger partial charge in [0.1, 0.15) is 5.75 Å². The Balaban J connectivity index is 1.97. The van der Waals surface area contributed by atoms with E-state index in [1.54, 1.807) is 32.7 Å². The molecule has 0 unspecified atom stereocenters. The molecule has 1 N–H and O–H groups in total. The molecule has 1 aromatic heterocycles. The van der Waals surface area contributed by atoms with Crippen LogP contribution in [0.25, 0.3) is 0 Å². The van der Waals surface area contributed by atoms with Crippen molar-refractivity contribution in [1.29, 1.82) is 0 Å². The monoisotopic (exact) mass is 308 g/mol. The minimum absolute atomic E-state index is 0.667. The van der Waals surface area contributed by atoms with E-state index in [0.29, 0.717) is 18.0 Å². The smallest absolute Gasteiger partial charge is 0.164 e. The lowest BCUT2D eigenvalue weighted by Gasteiger charge is -2.14. The van der Waals surface area contributed by atoms with Gasteiger partial charge in [-0.2, -0.15) is 0 Å². The summed E-state index contributed by atoms with van der Waals surface area (Å²) >= 11 is 1.62. The summed E-state index contributed by atoms with van der Waals surface area (Å²) in [6.45, 7) is 1.56. The molecule has 1 heterocycles. The number of thiazole rings is 1. The molecule has 0 bridgehead atoms. The molecule has 0 fully saturated rings. The van der Waals surface area contributed by atoms with Crippen molar-refractivity contribution in [3.63, 3.8) is 0 Å². The van der Waals surface area contributed by atoms with Gasteiger partial charge in [0.2, 0.25) is 0 Å². The maximum atomic E-state index is 5.40. The first-order chi connectivity index (χ1) is 10.3. The van der Waals surface area contributed by atoms with E-state index in [1.165, 1.54) is 0 Å². The van der Waals surface area contributed by atoms with Crippen molar-refractivity contribution in [2.75, 3.05) is 27.9 Å². The van der Waals surface area contributed by atoms with Gasteiger partial charge in [0, 0.05) is 36.5 Å². The van der Waals surface area contributed by atoms with Crippen LogP contribution >= 0.6 is 11.3 Å². The van der Waals surface area contributed by atoms with Gasteiger partial charge in [-0.25, -0.2) is 4.98 Å². The van der Waals surface area contributed by atoms with Gasteiger partial charge in [-0.05, 0) is 6.07 Å². The lowest BCUT2D eigenvalue weighted by Crippen LogP contribution is -2.17. The Kier molecular flexibility index (Phi) is 5.83. The number of hydrogen-bond donors (Lipinski definition) is 1. The largest absolute Gasteiger partial charge is 0.496 e. The molecule has 0 aliphatic heterocycles. The highest BCUT2D eigenvalue weighted by Gasteiger charge is 2.11. The third-order valence-corrected chi connectivity index (χ3v) is 3.78. The molecule has 0 spiro atoms. The van der Waals surface area contributed by atoms with Crippen LogP contribution in [0.15, 0.2) is 23.0 Å². The number of rotatable bonds is 8. The van der Waals surface area contributed by atoms with Gasteiger partial charge in [0.25, 0.3) is 0 Å². The first kappa shape index (κ1) is 15.6.